The fraction of sp³-hybridized carbons (Fsp3) is 0.0500. The number of nitrogens with one attached hydrogen (secondary N) is 1. The molecule has 2 heterocycles. The summed E-state index contributed by atoms with van der Waals surface area (Å²) in [7, 11) is 1.91. The lowest BCUT2D eigenvalue weighted by molar-refractivity contribution is 0.215. The Bertz CT molecular complexity index is 1080. The molecular weight excluding hydrogens is 344 g/mol. The average Bonchev–Trinajstić information content (AvgIpc) is 3.06. The first-order valence-corrected chi connectivity index (χ1v) is 8.27. The minimum atomic E-state index is -0.559. The Balaban J connectivity index is 1.43. The lowest BCUT2D eigenvalue weighted by atomic mass is 10.3. The van der Waals surface area contributed by atoms with Crippen molar-refractivity contribution in [3.8, 4) is 17.4 Å². The third-order valence-electron chi connectivity index (χ3n) is 3.89. The summed E-state index contributed by atoms with van der Waals surface area (Å²) in [5, 5.41) is 3.50. The Morgan fingerprint density at radius 3 is 2.52 bits per heavy atom. The molecule has 0 bridgehead atoms. The fourth-order valence-corrected chi connectivity index (χ4v) is 2.59. The third-order valence-corrected chi connectivity index (χ3v) is 3.89. The second-order valence-electron chi connectivity index (χ2n) is 5.80. The largest absolute Gasteiger partial charge is 0.438 e. The molecule has 4 aromatic rings. The zero-order valence-electron chi connectivity index (χ0n) is 14.5. The molecule has 0 aliphatic rings. The van der Waals surface area contributed by atoms with Gasteiger partial charge in [-0.15, -0.1) is 0 Å². The average molecular weight is 360 g/mol. The minimum absolute atomic E-state index is 0.477. The van der Waals surface area contributed by atoms with Crippen LogP contribution < -0.4 is 14.8 Å². The van der Waals surface area contributed by atoms with E-state index in [0.717, 1.165) is 11.0 Å². The quantitative estimate of drug-likeness (QED) is 0.585. The van der Waals surface area contributed by atoms with E-state index in [9.17, 15) is 4.79 Å². The van der Waals surface area contributed by atoms with Gasteiger partial charge in [-0.1, -0.05) is 18.2 Å². The summed E-state index contributed by atoms with van der Waals surface area (Å²) in [6, 6.07) is 17.7. The Morgan fingerprint density at radius 1 is 0.963 bits per heavy atom. The van der Waals surface area contributed by atoms with Crippen LogP contribution >= 0.6 is 0 Å². The summed E-state index contributed by atoms with van der Waals surface area (Å²) in [6.07, 6.45) is 2.81. The number of benzene rings is 2. The van der Waals surface area contributed by atoms with Crippen LogP contribution in [0.4, 0.5) is 10.5 Å². The van der Waals surface area contributed by atoms with Gasteiger partial charge in [0, 0.05) is 18.9 Å². The molecule has 27 heavy (non-hydrogen) atoms. The minimum Gasteiger partial charge on any atom is -0.438 e. The molecule has 7 heteroatoms. The second-order valence-corrected chi connectivity index (χ2v) is 5.80. The zero-order chi connectivity index (χ0) is 18.6. The van der Waals surface area contributed by atoms with Gasteiger partial charge < -0.3 is 14.0 Å². The van der Waals surface area contributed by atoms with Crippen molar-refractivity contribution >= 4 is 22.8 Å². The van der Waals surface area contributed by atoms with Gasteiger partial charge in [0.15, 0.2) is 0 Å². The van der Waals surface area contributed by atoms with Crippen molar-refractivity contribution in [2.75, 3.05) is 5.32 Å². The van der Waals surface area contributed by atoms with Crippen LogP contribution in [-0.2, 0) is 7.05 Å². The maximum absolute atomic E-state index is 11.9. The Labute approximate surface area is 155 Å². The van der Waals surface area contributed by atoms with Crippen molar-refractivity contribution in [3.63, 3.8) is 0 Å². The van der Waals surface area contributed by atoms with Gasteiger partial charge in [-0.2, -0.15) is 0 Å². The number of rotatable bonds is 4. The predicted molar refractivity (Wildman–Crippen MR) is 101 cm³/mol. The highest BCUT2D eigenvalue weighted by atomic mass is 16.6. The Kier molecular flexibility index (Phi) is 4.40. The van der Waals surface area contributed by atoms with Gasteiger partial charge in [-0.25, -0.2) is 14.8 Å². The van der Waals surface area contributed by atoms with Gasteiger partial charge in [-0.3, -0.25) is 5.32 Å². The molecule has 2 aromatic heterocycles. The molecule has 0 fully saturated rings. The maximum atomic E-state index is 11.9. The highest BCUT2D eigenvalue weighted by molar-refractivity contribution is 5.86. The molecule has 0 radical (unpaired) electrons. The van der Waals surface area contributed by atoms with Crippen LogP contribution in [0.15, 0.2) is 73.2 Å². The molecule has 0 unspecified atom stereocenters. The zero-order valence-corrected chi connectivity index (χ0v) is 14.5. The van der Waals surface area contributed by atoms with Crippen molar-refractivity contribution in [1.82, 2.24) is 14.5 Å². The fourth-order valence-electron chi connectivity index (χ4n) is 2.59. The molecule has 7 nitrogen and oxygen atoms in total. The van der Waals surface area contributed by atoms with Crippen LogP contribution in [0.3, 0.4) is 0 Å². The van der Waals surface area contributed by atoms with E-state index < -0.39 is 6.09 Å². The highest BCUT2D eigenvalue weighted by Crippen LogP contribution is 2.27. The smallest absolute Gasteiger partial charge is 0.417 e. The van der Waals surface area contributed by atoms with Gasteiger partial charge in [0.25, 0.3) is 0 Å². The topological polar surface area (TPSA) is 78.3 Å². The lowest BCUT2D eigenvalue weighted by Crippen LogP contribution is -2.16. The third kappa shape index (κ3) is 3.72. The molecule has 0 spiro atoms. The Morgan fingerprint density at radius 2 is 1.74 bits per heavy atom. The number of aromatic nitrogens is 3. The molecule has 1 amide bonds. The number of amides is 1. The van der Waals surface area contributed by atoms with E-state index in [1.807, 2.05) is 29.9 Å². The van der Waals surface area contributed by atoms with Crippen molar-refractivity contribution in [1.29, 1.82) is 0 Å². The molecule has 2 aromatic carbocycles. The van der Waals surface area contributed by atoms with Crippen molar-refractivity contribution in [3.05, 3.63) is 73.2 Å². The molecular formula is C20H16N4O3. The van der Waals surface area contributed by atoms with E-state index in [1.165, 1.54) is 6.33 Å². The van der Waals surface area contributed by atoms with Crippen LogP contribution in [0, 0.1) is 0 Å². The highest BCUT2D eigenvalue weighted by Gasteiger charge is 2.09. The van der Waals surface area contributed by atoms with Crippen LogP contribution in [0.25, 0.3) is 11.0 Å². The molecule has 0 saturated carbocycles. The van der Waals surface area contributed by atoms with Gasteiger partial charge in [0.2, 0.25) is 5.88 Å². The maximum Gasteiger partial charge on any atom is 0.417 e. The summed E-state index contributed by atoms with van der Waals surface area (Å²) in [5.41, 5.74) is 1.39. The molecule has 0 atom stereocenters. The van der Waals surface area contributed by atoms with Crippen molar-refractivity contribution in [2.24, 2.45) is 7.05 Å². The monoisotopic (exact) mass is 360 g/mol. The number of anilines is 1. The first kappa shape index (κ1) is 16.6. The first-order chi connectivity index (χ1) is 13.2. The number of ether oxygens (including phenoxy) is 2. The van der Waals surface area contributed by atoms with E-state index >= 15 is 0 Å². The van der Waals surface area contributed by atoms with Gasteiger partial charge in [0.05, 0.1) is 5.39 Å². The summed E-state index contributed by atoms with van der Waals surface area (Å²) in [5.74, 6) is 1.55. The van der Waals surface area contributed by atoms with E-state index in [-0.39, 0.29) is 0 Å². The van der Waals surface area contributed by atoms with Crippen molar-refractivity contribution < 1.29 is 14.3 Å². The standard InChI is InChI=1S/C20H16N4O3/c1-24-12-11-17-18(24)21-13-22-19(17)26-16-9-7-14(8-10-16)23-20(25)27-15-5-3-2-4-6-15/h2-13H,1H3,(H,23,25). The number of carbonyl (C=O) groups is 1. The number of hydrogen-bond acceptors (Lipinski definition) is 5. The SMILES string of the molecule is Cn1ccc2c(Oc3ccc(NC(=O)Oc4ccccc4)cc3)ncnc21. The van der Waals surface area contributed by atoms with Gasteiger partial charge in [0.1, 0.15) is 23.5 Å². The molecule has 4 rings (SSSR count). The van der Waals surface area contributed by atoms with E-state index in [4.69, 9.17) is 9.47 Å². The van der Waals surface area contributed by atoms with Gasteiger partial charge in [-0.05, 0) is 42.5 Å². The molecule has 0 saturated heterocycles. The Hall–Kier alpha value is -3.87. The number of carbonyl (C=O) groups excluding carboxylic acids is 1. The van der Waals surface area contributed by atoms with E-state index in [0.29, 0.717) is 23.1 Å². The second kappa shape index (κ2) is 7.17. The summed E-state index contributed by atoms with van der Waals surface area (Å²) >= 11 is 0. The van der Waals surface area contributed by atoms with E-state index in [1.54, 1.807) is 48.5 Å². The first-order valence-electron chi connectivity index (χ1n) is 8.27. The number of aryl methyl sites for hydroxylation is 1. The van der Waals surface area contributed by atoms with Crippen LogP contribution in [0.1, 0.15) is 0 Å². The number of hydrogen-bond donors (Lipinski definition) is 1. The van der Waals surface area contributed by atoms with Crippen molar-refractivity contribution in [2.45, 2.75) is 0 Å². The molecule has 134 valence electrons. The number of para-hydroxylation sites is 1. The lowest BCUT2D eigenvalue weighted by Gasteiger charge is -2.08. The van der Waals surface area contributed by atoms with Crippen LogP contribution in [0.5, 0.6) is 17.4 Å². The summed E-state index contributed by atoms with van der Waals surface area (Å²) < 4.78 is 12.9. The summed E-state index contributed by atoms with van der Waals surface area (Å²) in [6.45, 7) is 0. The number of nitrogens with zero attached hydrogens (tertiary/aromatic N) is 3. The normalized spacial score (nSPS) is 10.6. The van der Waals surface area contributed by atoms with Crippen LogP contribution in [-0.4, -0.2) is 20.6 Å². The van der Waals surface area contributed by atoms with Crippen LogP contribution in [0.2, 0.25) is 0 Å². The summed E-state index contributed by atoms with van der Waals surface area (Å²) in [4.78, 5) is 20.4. The molecule has 0 aliphatic carbocycles. The molecule has 0 aliphatic heterocycles. The van der Waals surface area contributed by atoms with E-state index in [2.05, 4.69) is 15.3 Å². The van der Waals surface area contributed by atoms with Gasteiger partial charge >= 0.3 is 6.09 Å². The molecule has 1 N–H and O–H groups in total. The predicted octanol–water partition coefficient (Wildman–Crippen LogP) is 4.37. The number of fused-ring (bicyclic) bond motifs is 1.